The molecule has 2 amide bonds. The van der Waals surface area contributed by atoms with Gasteiger partial charge in [-0.15, -0.1) is 0 Å². The lowest BCUT2D eigenvalue weighted by atomic mass is 9.83. The van der Waals surface area contributed by atoms with Crippen LogP contribution in [0, 0.1) is 11.6 Å². The summed E-state index contributed by atoms with van der Waals surface area (Å²) in [5, 5.41) is 10.2. The van der Waals surface area contributed by atoms with Gasteiger partial charge in [-0.05, 0) is 49.2 Å². The summed E-state index contributed by atoms with van der Waals surface area (Å²) < 4.78 is 34.7. The lowest BCUT2D eigenvalue weighted by Gasteiger charge is -2.22. The summed E-state index contributed by atoms with van der Waals surface area (Å²) in [6.45, 7) is 0. The summed E-state index contributed by atoms with van der Waals surface area (Å²) in [6.07, 6.45) is 6.26. The number of pyridine rings is 1. The number of hydrogen-bond donors (Lipinski definition) is 2. The molecule has 0 bridgehead atoms. The normalized spacial score (nSPS) is 13.2. The number of nitrogens with one attached hydrogen (secondary N) is 2. The van der Waals surface area contributed by atoms with E-state index in [-0.39, 0.29) is 22.4 Å². The number of anilines is 2. The van der Waals surface area contributed by atoms with Gasteiger partial charge in [-0.3, -0.25) is 10.3 Å². The number of hydrogen-bond acceptors (Lipinski definition) is 4. The molecule has 0 spiro atoms. The van der Waals surface area contributed by atoms with Gasteiger partial charge in [0.25, 0.3) is 0 Å². The maximum atomic E-state index is 13.8. The van der Waals surface area contributed by atoms with E-state index in [4.69, 9.17) is 16.3 Å². The number of urea groups is 1. The monoisotopic (exact) mass is 495 g/mol. The van der Waals surface area contributed by atoms with E-state index < -0.39 is 17.7 Å². The molecule has 0 aliphatic heterocycles. The molecule has 4 aromatic rings. The number of nitrogens with zero attached hydrogens (tertiary/aromatic N) is 3. The number of carbonyl (C=O) groups excluding carboxylic acids is 1. The van der Waals surface area contributed by atoms with Crippen LogP contribution in [0.5, 0.6) is 11.5 Å². The molecule has 2 N–H and O–H groups in total. The van der Waals surface area contributed by atoms with Crippen molar-refractivity contribution in [3.8, 4) is 17.2 Å². The number of ether oxygens (including phenoxy) is 1. The van der Waals surface area contributed by atoms with Crippen molar-refractivity contribution in [3.63, 3.8) is 0 Å². The van der Waals surface area contributed by atoms with Crippen molar-refractivity contribution in [3.05, 3.63) is 89.3 Å². The molecule has 0 unspecified atom stereocenters. The van der Waals surface area contributed by atoms with Gasteiger partial charge in [0.1, 0.15) is 29.0 Å². The first-order valence-corrected chi connectivity index (χ1v) is 11.3. The largest absolute Gasteiger partial charge is 0.457 e. The Kier molecular flexibility index (Phi) is 6.33. The molecule has 35 heavy (non-hydrogen) atoms. The number of amides is 2. The van der Waals surface area contributed by atoms with Crippen molar-refractivity contribution in [2.24, 2.45) is 0 Å². The first-order chi connectivity index (χ1) is 16.9. The van der Waals surface area contributed by atoms with Crippen molar-refractivity contribution in [1.82, 2.24) is 14.8 Å². The van der Waals surface area contributed by atoms with Crippen LogP contribution in [0.15, 0.2) is 67.0 Å². The SMILES string of the molecule is O=C(Nc1ccc(Oc2ccncc2)cc1Cl)Nc1cc(C2CCC2)nn1-c1cc(F)cc(F)c1. The molecular weight excluding hydrogens is 476 g/mol. The van der Waals surface area contributed by atoms with E-state index in [2.05, 4.69) is 20.7 Å². The topological polar surface area (TPSA) is 81.1 Å². The Labute approximate surface area is 204 Å². The average molecular weight is 496 g/mol. The smallest absolute Gasteiger partial charge is 0.324 e. The van der Waals surface area contributed by atoms with E-state index in [1.807, 2.05) is 0 Å². The van der Waals surface area contributed by atoms with Gasteiger partial charge < -0.3 is 10.1 Å². The quantitative estimate of drug-likeness (QED) is 0.305. The molecule has 2 aromatic heterocycles. The Morgan fingerprint density at radius 3 is 2.37 bits per heavy atom. The van der Waals surface area contributed by atoms with Crippen molar-refractivity contribution < 1.29 is 18.3 Å². The molecule has 0 radical (unpaired) electrons. The summed E-state index contributed by atoms with van der Waals surface area (Å²) in [4.78, 5) is 16.7. The minimum atomic E-state index is -0.739. The Morgan fingerprint density at radius 2 is 1.71 bits per heavy atom. The van der Waals surface area contributed by atoms with E-state index in [9.17, 15) is 13.6 Å². The highest BCUT2D eigenvalue weighted by molar-refractivity contribution is 6.34. The first kappa shape index (κ1) is 22.8. The van der Waals surface area contributed by atoms with Gasteiger partial charge in [0.2, 0.25) is 0 Å². The van der Waals surface area contributed by atoms with Crippen LogP contribution in [0.3, 0.4) is 0 Å². The van der Waals surface area contributed by atoms with Gasteiger partial charge in [0.05, 0.1) is 22.1 Å². The molecular formula is C25H20ClF2N5O2. The molecule has 10 heteroatoms. The van der Waals surface area contributed by atoms with Crippen LogP contribution in [0.1, 0.15) is 30.9 Å². The molecule has 0 atom stereocenters. The van der Waals surface area contributed by atoms with Crippen molar-refractivity contribution >= 4 is 29.1 Å². The van der Waals surface area contributed by atoms with Crippen LogP contribution in [0.4, 0.5) is 25.1 Å². The maximum absolute atomic E-state index is 13.8. The molecule has 5 rings (SSSR count). The highest BCUT2D eigenvalue weighted by atomic mass is 35.5. The van der Waals surface area contributed by atoms with E-state index in [0.717, 1.165) is 43.2 Å². The predicted molar refractivity (Wildman–Crippen MR) is 128 cm³/mol. The highest BCUT2D eigenvalue weighted by Crippen LogP contribution is 2.37. The summed E-state index contributed by atoms with van der Waals surface area (Å²) in [5.74, 6) is 0.139. The van der Waals surface area contributed by atoms with E-state index in [1.54, 1.807) is 48.8 Å². The second-order valence-corrected chi connectivity index (χ2v) is 8.53. The van der Waals surface area contributed by atoms with Gasteiger partial charge in [-0.2, -0.15) is 5.10 Å². The summed E-state index contributed by atoms with van der Waals surface area (Å²) in [5.41, 5.74) is 1.28. The van der Waals surface area contributed by atoms with Gasteiger partial charge >= 0.3 is 6.03 Å². The zero-order valence-electron chi connectivity index (χ0n) is 18.3. The maximum Gasteiger partial charge on any atom is 0.324 e. The number of rotatable bonds is 6. The van der Waals surface area contributed by atoms with E-state index in [0.29, 0.717) is 17.2 Å². The third-order valence-corrected chi connectivity index (χ3v) is 5.97. The van der Waals surface area contributed by atoms with Gasteiger partial charge in [0.15, 0.2) is 0 Å². The third-order valence-electron chi connectivity index (χ3n) is 5.66. The van der Waals surface area contributed by atoms with Crippen LogP contribution in [-0.2, 0) is 0 Å². The van der Waals surface area contributed by atoms with Crippen molar-refractivity contribution in [1.29, 1.82) is 0 Å². The molecule has 178 valence electrons. The predicted octanol–water partition coefficient (Wildman–Crippen LogP) is 6.90. The number of aromatic nitrogens is 3. The number of benzene rings is 2. The molecule has 2 heterocycles. The second-order valence-electron chi connectivity index (χ2n) is 8.13. The number of carbonyl (C=O) groups is 1. The third kappa shape index (κ3) is 5.25. The molecule has 1 aliphatic carbocycles. The molecule has 1 saturated carbocycles. The van der Waals surface area contributed by atoms with Crippen LogP contribution in [-0.4, -0.2) is 20.8 Å². The molecule has 1 fully saturated rings. The van der Waals surface area contributed by atoms with E-state index in [1.165, 1.54) is 4.68 Å². The van der Waals surface area contributed by atoms with Gasteiger partial charge in [-0.1, -0.05) is 18.0 Å². The Bertz CT molecular complexity index is 1360. The molecule has 2 aromatic carbocycles. The van der Waals surface area contributed by atoms with Crippen molar-refractivity contribution in [2.75, 3.05) is 10.6 Å². The van der Waals surface area contributed by atoms with Crippen molar-refractivity contribution in [2.45, 2.75) is 25.2 Å². The standard InChI is InChI=1S/C25H20ClF2N5O2/c26-21-13-20(35-19-6-8-29-9-7-19)4-5-22(21)30-25(34)31-24-14-23(15-2-1-3-15)32-33(24)18-11-16(27)10-17(28)12-18/h4-15H,1-3H2,(H2,30,31,34). The molecule has 7 nitrogen and oxygen atoms in total. The fraction of sp³-hybridized carbons (Fsp3) is 0.160. The minimum absolute atomic E-state index is 0.166. The summed E-state index contributed by atoms with van der Waals surface area (Å²) in [7, 11) is 0. The Balaban J connectivity index is 1.34. The zero-order chi connectivity index (χ0) is 24.4. The van der Waals surface area contributed by atoms with Crippen LogP contribution in [0.25, 0.3) is 5.69 Å². The number of halogens is 3. The minimum Gasteiger partial charge on any atom is -0.457 e. The van der Waals surface area contributed by atoms with E-state index >= 15 is 0 Å². The van der Waals surface area contributed by atoms with Gasteiger partial charge in [0, 0.05) is 36.5 Å². The molecule has 1 aliphatic rings. The Morgan fingerprint density at radius 1 is 0.971 bits per heavy atom. The van der Waals surface area contributed by atoms with Gasteiger partial charge in [-0.25, -0.2) is 18.3 Å². The molecule has 0 saturated heterocycles. The zero-order valence-corrected chi connectivity index (χ0v) is 19.1. The highest BCUT2D eigenvalue weighted by Gasteiger charge is 2.25. The van der Waals surface area contributed by atoms with Crippen LogP contribution < -0.4 is 15.4 Å². The average Bonchev–Trinajstić information content (AvgIpc) is 3.17. The lowest BCUT2D eigenvalue weighted by molar-refractivity contribution is 0.262. The fourth-order valence-corrected chi connectivity index (χ4v) is 3.94. The first-order valence-electron chi connectivity index (χ1n) is 11.0. The van der Waals surface area contributed by atoms with Crippen LogP contribution >= 0.6 is 11.6 Å². The fourth-order valence-electron chi connectivity index (χ4n) is 3.72. The Hall–Kier alpha value is -3.98. The van der Waals surface area contributed by atoms with Crippen LogP contribution in [0.2, 0.25) is 5.02 Å². The summed E-state index contributed by atoms with van der Waals surface area (Å²) in [6, 6.07) is 12.5. The lowest BCUT2D eigenvalue weighted by Crippen LogP contribution is -2.21. The summed E-state index contributed by atoms with van der Waals surface area (Å²) >= 11 is 6.34. The second kappa shape index (κ2) is 9.71.